The standard InChI is InChI=1S/C14H22N2O2/c1-4-6-10(3)16-14(17)11-7-8-13(18-5-2)12(15)9-11/h7-10H,4-6,15H2,1-3H3,(H,16,17). The van der Waals surface area contributed by atoms with Gasteiger partial charge in [-0.1, -0.05) is 13.3 Å². The topological polar surface area (TPSA) is 64.3 Å². The predicted octanol–water partition coefficient (Wildman–Crippen LogP) is 2.59. The Morgan fingerprint density at radius 3 is 2.72 bits per heavy atom. The van der Waals surface area contributed by atoms with E-state index in [4.69, 9.17) is 10.5 Å². The van der Waals surface area contributed by atoms with Crippen LogP contribution in [0.25, 0.3) is 0 Å². The molecular weight excluding hydrogens is 228 g/mol. The Labute approximate surface area is 109 Å². The van der Waals surface area contributed by atoms with Crippen molar-refractivity contribution in [3.05, 3.63) is 23.8 Å². The first-order valence-electron chi connectivity index (χ1n) is 6.41. The number of amides is 1. The van der Waals surface area contributed by atoms with Crippen LogP contribution >= 0.6 is 0 Å². The number of ether oxygens (including phenoxy) is 1. The van der Waals surface area contributed by atoms with Gasteiger partial charge in [0.05, 0.1) is 12.3 Å². The smallest absolute Gasteiger partial charge is 0.251 e. The first-order chi connectivity index (χ1) is 8.58. The zero-order chi connectivity index (χ0) is 13.5. The van der Waals surface area contributed by atoms with Crippen LogP contribution in [0.2, 0.25) is 0 Å². The minimum atomic E-state index is -0.0919. The first-order valence-corrected chi connectivity index (χ1v) is 6.41. The van der Waals surface area contributed by atoms with Crippen molar-refractivity contribution in [1.82, 2.24) is 5.32 Å². The van der Waals surface area contributed by atoms with E-state index in [2.05, 4.69) is 12.2 Å². The van der Waals surface area contributed by atoms with Gasteiger partial charge in [0.15, 0.2) is 0 Å². The van der Waals surface area contributed by atoms with Crippen molar-refractivity contribution in [3.8, 4) is 5.75 Å². The number of benzene rings is 1. The third-order valence-electron chi connectivity index (χ3n) is 2.67. The number of hydrogen-bond donors (Lipinski definition) is 2. The fraction of sp³-hybridized carbons (Fsp3) is 0.500. The van der Waals surface area contributed by atoms with Crippen LogP contribution in [0.1, 0.15) is 44.0 Å². The second kappa shape index (κ2) is 6.89. The van der Waals surface area contributed by atoms with Crippen LogP contribution in [0.3, 0.4) is 0 Å². The molecule has 1 aromatic carbocycles. The highest BCUT2D eigenvalue weighted by atomic mass is 16.5. The maximum absolute atomic E-state index is 11.9. The SMILES string of the molecule is CCCC(C)NC(=O)c1ccc(OCC)c(N)c1. The molecule has 0 spiro atoms. The summed E-state index contributed by atoms with van der Waals surface area (Å²) in [6, 6.07) is 5.29. The van der Waals surface area contributed by atoms with Crippen LogP contribution in [0.5, 0.6) is 5.75 Å². The fourth-order valence-electron chi connectivity index (χ4n) is 1.79. The zero-order valence-electron chi connectivity index (χ0n) is 11.3. The lowest BCUT2D eigenvalue weighted by Gasteiger charge is -2.13. The highest BCUT2D eigenvalue weighted by molar-refractivity contribution is 5.95. The van der Waals surface area contributed by atoms with E-state index < -0.39 is 0 Å². The molecule has 0 bridgehead atoms. The summed E-state index contributed by atoms with van der Waals surface area (Å²) in [7, 11) is 0. The van der Waals surface area contributed by atoms with Crippen molar-refractivity contribution in [2.45, 2.75) is 39.7 Å². The van der Waals surface area contributed by atoms with Crippen molar-refractivity contribution >= 4 is 11.6 Å². The van der Waals surface area contributed by atoms with Crippen molar-refractivity contribution < 1.29 is 9.53 Å². The van der Waals surface area contributed by atoms with E-state index >= 15 is 0 Å². The van der Waals surface area contributed by atoms with Gasteiger partial charge in [-0.2, -0.15) is 0 Å². The molecule has 1 amide bonds. The van der Waals surface area contributed by atoms with Gasteiger partial charge in [-0.05, 0) is 38.5 Å². The number of hydrogen-bond acceptors (Lipinski definition) is 3. The summed E-state index contributed by atoms with van der Waals surface area (Å²) in [5.41, 5.74) is 6.89. The summed E-state index contributed by atoms with van der Waals surface area (Å²) in [5.74, 6) is 0.529. The molecular formula is C14H22N2O2. The quantitative estimate of drug-likeness (QED) is 0.763. The molecule has 1 atom stereocenters. The van der Waals surface area contributed by atoms with Crippen molar-refractivity contribution in [3.63, 3.8) is 0 Å². The minimum absolute atomic E-state index is 0.0919. The molecule has 0 fully saturated rings. The van der Waals surface area contributed by atoms with Gasteiger partial charge in [0, 0.05) is 11.6 Å². The predicted molar refractivity (Wildman–Crippen MR) is 73.9 cm³/mol. The molecule has 0 saturated carbocycles. The van der Waals surface area contributed by atoms with Crippen LogP contribution in [0.4, 0.5) is 5.69 Å². The Hall–Kier alpha value is -1.71. The van der Waals surface area contributed by atoms with Crippen LogP contribution in [0, 0.1) is 0 Å². The summed E-state index contributed by atoms with van der Waals surface area (Å²) in [5, 5.41) is 2.94. The number of nitrogens with one attached hydrogen (secondary N) is 1. The molecule has 0 aliphatic rings. The Morgan fingerprint density at radius 2 is 2.17 bits per heavy atom. The van der Waals surface area contributed by atoms with Crippen LogP contribution in [0.15, 0.2) is 18.2 Å². The highest BCUT2D eigenvalue weighted by Gasteiger charge is 2.11. The summed E-state index contributed by atoms with van der Waals surface area (Å²) in [4.78, 5) is 11.9. The third kappa shape index (κ3) is 3.95. The van der Waals surface area contributed by atoms with Crippen molar-refractivity contribution in [2.24, 2.45) is 0 Å². The third-order valence-corrected chi connectivity index (χ3v) is 2.67. The van der Waals surface area contributed by atoms with E-state index in [0.717, 1.165) is 12.8 Å². The van der Waals surface area contributed by atoms with E-state index in [9.17, 15) is 4.79 Å². The molecule has 100 valence electrons. The number of nitrogens with two attached hydrogens (primary N) is 1. The van der Waals surface area contributed by atoms with Gasteiger partial charge in [-0.15, -0.1) is 0 Å². The molecule has 0 aliphatic carbocycles. The second-order valence-electron chi connectivity index (χ2n) is 4.35. The van der Waals surface area contributed by atoms with E-state index in [1.54, 1.807) is 18.2 Å². The number of anilines is 1. The maximum Gasteiger partial charge on any atom is 0.251 e. The number of carbonyl (C=O) groups is 1. The minimum Gasteiger partial charge on any atom is -0.492 e. The number of carbonyl (C=O) groups excluding carboxylic acids is 1. The summed E-state index contributed by atoms with van der Waals surface area (Å²) >= 11 is 0. The van der Waals surface area contributed by atoms with Crippen LogP contribution in [-0.4, -0.2) is 18.6 Å². The molecule has 0 heterocycles. The lowest BCUT2D eigenvalue weighted by molar-refractivity contribution is 0.0938. The summed E-state index contributed by atoms with van der Waals surface area (Å²) in [6.45, 7) is 6.55. The van der Waals surface area contributed by atoms with E-state index in [0.29, 0.717) is 23.6 Å². The molecule has 0 radical (unpaired) electrons. The average molecular weight is 250 g/mol. The molecule has 0 aliphatic heterocycles. The van der Waals surface area contributed by atoms with Crippen LogP contribution < -0.4 is 15.8 Å². The molecule has 1 rings (SSSR count). The summed E-state index contributed by atoms with van der Waals surface area (Å²) < 4.78 is 5.33. The molecule has 4 heteroatoms. The Morgan fingerprint density at radius 1 is 1.44 bits per heavy atom. The molecule has 1 aromatic rings. The van der Waals surface area contributed by atoms with E-state index in [1.165, 1.54) is 0 Å². The average Bonchev–Trinajstić information content (AvgIpc) is 2.32. The Kier molecular flexibility index (Phi) is 5.49. The van der Waals surface area contributed by atoms with Gasteiger partial charge in [-0.3, -0.25) is 4.79 Å². The number of nitrogen functional groups attached to an aromatic ring is 1. The lowest BCUT2D eigenvalue weighted by Crippen LogP contribution is -2.32. The molecule has 3 N–H and O–H groups in total. The second-order valence-corrected chi connectivity index (χ2v) is 4.35. The Balaban J connectivity index is 2.72. The van der Waals surface area contributed by atoms with Gasteiger partial charge < -0.3 is 15.8 Å². The molecule has 0 saturated heterocycles. The van der Waals surface area contributed by atoms with Crippen molar-refractivity contribution in [1.29, 1.82) is 0 Å². The first kappa shape index (κ1) is 14.4. The molecule has 18 heavy (non-hydrogen) atoms. The number of rotatable bonds is 6. The van der Waals surface area contributed by atoms with Gasteiger partial charge in [0.25, 0.3) is 5.91 Å². The van der Waals surface area contributed by atoms with E-state index in [-0.39, 0.29) is 11.9 Å². The lowest BCUT2D eigenvalue weighted by atomic mass is 10.1. The van der Waals surface area contributed by atoms with Crippen molar-refractivity contribution in [2.75, 3.05) is 12.3 Å². The monoisotopic (exact) mass is 250 g/mol. The van der Waals surface area contributed by atoms with Gasteiger partial charge in [0.2, 0.25) is 0 Å². The fourth-order valence-corrected chi connectivity index (χ4v) is 1.79. The van der Waals surface area contributed by atoms with Gasteiger partial charge in [0.1, 0.15) is 5.75 Å². The van der Waals surface area contributed by atoms with Crippen LogP contribution in [-0.2, 0) is 0 Å². The molecule has 4 nitrogen and oxygen atoms in total. The van der Waals surface area contributed by atoms with E-state index in [1.807, 2.05) is 13.8 Å². The largest absolute Gasteiger partial charge is 0.492 e. The summed E-state index contributed by atoms with van der Waals surface area (Å²) in [6.07, 6.45) is 2.02. The van der Waals surface area contributed by atoms with Gasteiger partial charge in [-0.25, -0.2) is 0 Å². The molecule has 0 aromatic heterocycles. The zero-order valence-corrected chi connectivity index (χ0v) is 11.3. The van der Waals surface area contributed by atoms with Gasteiger partial charge >= 0.3 is 0 Å². The highest BCUT2D eigenvalue weighted by Crippen LogP contribution is 2.22. The Bertz CT molecular complexity index is 405. The normalized spacial score (nSPS) is 11.9. The molecule has 1 unspecified atom stereocenters. The maximum atomic E-state index is 11.9.